The summed E-state index contributed by atoms with van der Waals surface area (Å²) < 4.78 is 5.03. The molecule has 0 amide bonds. The summed E-state index contributed by atoms with van der Waals surface area (Å²) in [6.45, 7) is 5.65. The molecule has 0 aliphatic rings. The topological polar surface area (TPSA) is 41.5 Å². The number of hydrogen-bond acceptors (Lipinski definition) is 3. The third-order valence-corrected chi connectivity index (χ3v) is 0.712. The number of ether oxygens (including phenoxy) is 1. The SMILES string of the molecule is CN[C@@H](O)OC(C)(C)C. The Morgan fingerprint density at radius 1 is 1.44 bits per heavy atom. The number of rotatable bonds is 2. The van der Waals surface area contributed by atoms with Crippen LogP contribution in [0.15, 0.2) is 0 Å². The summed E-state index contributed by atoms with van der Waals surface area (Å²) in [5, 5.41) is 11.4. The number of aliphatic hydroxyl groups is 1. The number of nitrogens with one attached hydrogen (secondary N) is 1. The highest BCUT2D eigenvalue weighted by Gasteiger charge is 2.14. The van der Waals surface area contributed by atoms with Crippen LogP contribution in [0.4, 0.5) is 0 Å². The van der Waals surface area contributed by atoms with Gasteiger partial charge in [-0.1, -0.05) is 0 Å². The number of hydrogen-bond donors (Lipinski definition) is 2. The summed E-state index contributed by atoms with van der Waals surface area (Å²) in [5.74, 6) is 0. The second kappa shape index (κ2) is 3.15. The molecule has 9 heavy (non-hydrogen) atoms. The molecule has 56 valence electrons. The highest BCUT2D eigenvalue weighted by Crippen LogP contribution is 2.07. The normalized spacial score (nSPS) is 15.7. The third-order valence-electron chi connectivity index (χ3n) is 0.712. The van der Waals surface area contributed by atoms with Crippen LogP contribution in [0.5, 0.6) is 0 Å². The fraction of sp³-hybridized carbons (Fsp3) is 1.00. The molecule has 0 aromatic heterocycles. The average Bonchev–Trinajstić information content (AvgIpc) is 1.62. The minimum absolute atomic E-state index is 0.289. The summed E-state index contributed by atoms with van der Waals surface area (Å²) in [6.07, 6.45) is -0.856. The summed E-state index contributed by atoms with van der Waals surface area (Å²) in [5.41, 5.74) is -0.289. The zero-order chi connectivity index (χ0) is 7.49. The zero-order valence-corrected chi connectivity index (χ0v) is 6.43. The largest absolute Gasteiger partial charge is 0.356 e. The molecular weight excluding hydrogens is 118 g/mol. The number of aliphatic hydroxyl groups excluding tert-OH is 1. The Morgan fingerprint density at radius 2 is 1.89 bits per heavy atom. The monoisotopic (exact) mass is 133 g/mol. The van der Waals surface area contributed by atoms with E-state index in [9.17, 15) is 0 Å². The van der Waals surface area contributed by atoms with E-state index in [1.807, 2.05) is 20.8 Å². The first-order chi connectivity index (χ1) is 3.95. The lowest BCUT2D eigenvalue weighted by atomic mass is 10.2. The molecule has 0 fully saturated rings. The van der Waals surface area contributed by atoms with Gasteiger partial charge in [0.15, 0.2) is 0 Å². The predicted octanol–water partition coefficient (Wildman–Crippen LogP) is 0.297. The van der Waals surface area contributed by atoms with Crippen LogP contribution >= 0.6 is 0 Å². The van der Waals surface area contributed by atoms with Crippen molar-refractivity contribution in [3.05, 3.63) is 0 Å². The van der Waals surface area contributed by atoms with Crippen LogP contribution in [-0.4, -0.2) is 24.2 Å². The van der Waals surface area contributed by atoms with Crippen molar-refractivity contribution in [3.8, 4) is 0 Å². The van der Waals surface area contributed by atoms with Crippen molar-refractivity contribution in [2.24, 2.45) is 0 Å². The van der Waals surface area contributed by atoms with Crippen molar-refractivity contribution < 1.29 is 9.84 Å². The smallest absolute Gasteiger partial charge is 0.213 e. The van der Waals surface area contributed by atoms with Gasteiger partial charge in [-0.15, -0.1) is 0 Å². The second-order valence-corrected chi connectivity index (χ2v) is 2.87. The molecule has 0 unspecified atom stereocenters. The van der Waals surface area contributed by atoms with Crippen molar-refractivity contribution in [1.29, 1.82) is 0 Å². The van der Waals surface area contributed by atoms with E-state index >= 15 is 0 Å². The van der Waals surface area contributed by atoms with Gasteiger partial charge >= 0.3 is 0 Å². The highest BCUT2D eigenvalue weighted by molar-refractivity contribution is 4.58. The van der Waals surface area contributed by atoms with Crippen molar-refractivity contribution in [2.75, 3.05) is 7.05 Å². The Labute approximate surface area is 56.0 Å². The first-order valence-electron chi connectivity index (χ1n) is 2.99. The Balaban J connectivity index is 3.47. The van der Waals surface area contributed by atoms with Gasteiger partial charge in [0, 0.05) is 0 Å². The second-order valence-electron chi connectivity index (χ2n) is 2.87. The molecule has 2 N–H and O–H groups in total. The van der Waals surface area contributed by atoms with Crippen molar-refractivity contribution in [3.63, 3.8) is 0 Å². The van der Waals surface area contributed by atoms with Gasteiger partial charge in [-0.3, -0.25) is 5.32 Å². The molecule has 3 nitrogen and oxygen atoms in total. The van der Waals surface area contributed by atoms with Crippen LogP contribution in [0, 0.1) is 0 Å². The average molecular weight is 133 g/mol. The minimum atomic E-state index is -0.856. The summed E-state index contributed by atoms with van der Waals surface area (Å²) in [7, 11) is 1.64. The Kier molecular flexibility index (Phi) is 3.11. The van der Waals surface area contributed by atoms with Crippen molar-refractivity contribution in [2.45, 2.75) is 32.8 Å². The Bertz CT molecular complexity index is 77.6. The quantitative estimate of drug-likeness (QED) is 0.532. The van der Waals surface area contributed by atoms with Crippen LogP contribution in [-0.2, 0) is 4.74 Å². The van der Waals surface area contributed by atoms with E-state index in [1.54, 1.807) is 7.05 Å². The molecule has 0 aromatic carbocycles. The lowest BCUT2D eigenvalue weighted by Crippen LogP contribution is -2.35. The molecular formula is C6H15NO2. The van der Waals surface area contributed by atoms with Gasteiger partial charge in [0.05, 0.1) is 5.60 Å². The summed E-state index contributed by atoms with van der Waals surface area (Å²) in [4.78, 5) is 0. The minimum Gasteiger partial charge on any atom is -0.356 e. The Hall–Kier alpha value is -0.120. The first-order valence-corrected chi connectivity index (χ1v) is 2.99. The molecule has 3 heteroatoms. The zero-order valence-electron chi connectivity index (χ0n) is 6.43. The molecule has 0 radical (unpaired) electrons. The Morgan fingerprint density at radius 3 is 2.00 bits per heavy atom. The molecule has 1 atom stereocenters. The molecule has 0 saturated heterocycles. The highest BCUT2D eigenvalue weighted by atomic mass is 16.6. The maximum atomic E-state index is 8.86. The third kappa shape index (κ3) is 5.76. The molecule has 0 aromatic rings. The van der Waals surface area contributed by atoms with Gasteiger partial charge in [0.25, 0.3) is 0 Å². The molecule has 0 aliphatic heterocycles. The first kappa shape index (κ1) is 8.88. The maximum Gasteiger partial charge on any atom is 0.213 e. The fourth-order valence-electron chi connectivity index (χ4n) is 0.394. The van der Waals surface area contributed by atoms with E-state index in [0.717, 1.165) is 0 Å². The van der Waals surface area contributed by atoms with Crippen molar-refractivity contribution >= 4 is 0 Å². The standard InChI is InChI=1S/C6H15NO2/c1-6(2,3)9-5(8)7-4/h5,7-8H,1-4H3/t5-/m0/s1. The van der Waals surface area contributed by atoms with Gasteiger partial charge in [0.1, 0.15) is 0 Å². The van der Waals surface area contributed by atoms with E-state index in [1.165, 1.54) is 0 Å². The predicted molar refractivity (Wildman–Crippen MR) is 35.9 cm³/mol. The summed E-state index contributed by atoms with van der Waals surface area (Å²) in [6, 6.07) is 0. The lowest BCUT2D eigenvalue weighted by molar-refractivity contribution is -0.178. The molecule has 0 saturated carbocycles. The molecule has 0 spiro atoms. The van der Waals surface area contributed by atoms with Gasteiger partial charge in [-0.2, -0.15) is 0 Å². The van der Waals surface area contributed by atoms with Crippen LogP contribution in [0.1, 0.15) is 20.8 Å². The van der Waals surface area contributed by atoms with E-state index < -0.39 is 6.41 Å². The van der Waals surface area contributed by atoms with Gasteiger partial charge < -0.3 is 9.84 Å². The lowest BCUT2D eigenvalue weighted by Gasteiger charge is -2.22. The van der Waals surface area contributed by atoms with Crippen LogP contribution in [0.2, 0.25) is 0 Å². The van der Waals surface area contributed by atoms with Gasteiger partial charge in [-0.05, 0) is 27.8 Å². The van der Waals surface area contributed by atoms with E-state index in [4.69, 9.17) is 9.84 Å². The van der Waals surface area contributed by atoms with E-state index in [2.05, 4.69) is 5.32 Å². The molecule has 0 bridgehead atoms. The van der Waals surface area contributed by atoms with Crippen LogP contribution in [0.3, 0.4) is 0 Å². The molecule has 0 heterocycles. The summed E-state index contributed by atoms with van der Waals surface area (Å²) >= 11 is 0. The van der Waals surface area contributed by atoms with Gasteiger partial charge in [0.2, 0.25) is 6.41 Å². The van der Waals surface area contributed by atoms with E-state index in [0.29, 0.717) is 0 Å². The maximum absolute atomic E-state index is 8.86. The van der Waals surface area contributed by atoms with Crippen molar-refractivity contribution in [1.82, 2.24) is 5.32 Å². The van der Waals surface area contributed by atoms with E-state index in [-0.39, 0.29) is 5.60 Å². The molecule has 0 aliphatic carbocycles. The fourth-order valence-corrected chi connectivity index (χ4v) is 0.394. The molecule has 0 rings (SSSR count). The van der Waals surface area contributed by atoms with Crippen LogP contribution < -0.4 is 5.32 Å². The van der Waals surface area contributed by atoms with Gasteiger partial charge in [-0.25, -0.2) is 0 Å². The van der Waals surface area contributed by atoms with Crippen LogP contribution in [0.25, 0.3) is 0 Å².